The van der Waals surface area contributed by atoms with Crippen molar-refractivity contribution in [2.45, 2.75) is 32.2 Å². The highest BCUT2D eigenvalue weighted by Gasteiger charge is 2.16. The van der Waals surface area contributed by atoms with E-state index < -0.39 is 0 Å². The molecule has 1 atom stereocenters. The van der Waals surface area contributed by atoms with E-state index in [1.54, 1.807) is 25.1 Å². The Bertz CT molecular complexity index is 426. The van der Waals surface area contributed by atoms with Crippen LogP contribution in [0.4, 0.5) is 0 Å². The summed E-state index contributed by atoms with van der Waals surface area (Å²) in [4.78, 5) is 12.0. The van der Waals surface area contributed by atoms with Crippen molar-refractivity contribution >= 4 is 5.91 Å². The van der Waals surface area contributed by atoms with Gasteiger partial charge < -0.3 is 15.7 Å². The first-order chi connectivity index (χ1) is 8.68. The van der Waals surface area contributed by atoms with E-state index in [1.165, 1.54) is 12.8 Å². The molecule has 1 aliphatic rings. The Morgan fingerprint density at radius 1 is 1.50 bits per heavy atom. The van der Waals surface area contributed by atoms with Gasteiger partial charge >= 0.3 is 0 Å². The van der Waals surface area contributed by atoms with Crippen LogP contribution >= 0.6 is 0 Å². The predicted octanol–water partition coefficient (Wildman–Crippen LogP) is 1.57. The van der Waals surface area contributed by atoms with E-state index in [0.29, 0.717) is 18.2 Å². The smallest absolute Gasteiger partial charge is 0.255 e. The highest BCUT2D eigenvalue weighted by Crippen LogP contribution is 2.21. The predicted molar refractivity (Wildman–Crippen MR) is 70.8 cm³/mol. The van der Waals surface area contributed by atoms with Crippen LogP contribution in [0.3, 0.4) is 0 Å². The molecule has 1 aromatic carbocycles. The molecule has 18 heavy (non-hydrogen) atoms. The first-order valence-corrected chi connectivity index (χ1v) is 6.48. The van der Waals surface area contributed by atoms with Crippen LogP contribution in [0, 0.1) is 6.92 Å². The van der Waals surface area contributed by atoms with Crippen molar-refractivity contribution in [2.24, 2.45) is 0 Å². The average molecular weight is 248 g/mol. The van der Waals surface area contributed by atoms with Gasteiger partial charge in [0.05, 0.1) is 5.56 Å². The number of para-hydroxylation sites is 1. The largest absolute Gasteiger partial charge is 0.507 e. The Balaban J connectivity index is 1.93. The van der Waals surface area contributed by atoms with Crippen LogP contribution in [0.2, 0.25) is 0 Å². The van der Waals surface area contributed by atoms with E-state index in [-0.39, 0.29) is 11.7 Å². The molecule has 2 rings (SSSR count). The van der Waals surface area contributed by atoms with Crippen molar-refractivity contribution in [2.75, 3.05) is 13.1 Å². The third-order valence-electron chi connectivity index (χ3n) is 3.40. The van der Waals surface area contributed by atoms with E-state index in [9.17, 15) is 9.90 Å². The molecule has 1 saturated heterocycles. The Labute approximate surface area is 107 Å². The molecule has 1 heterocycles. The summed E-state index contributed by atoms with van der Waals surface area (Å²) in [5, 5.41) is 16.1. The number of amides is 1. The summed E-state index contributed by atoms with van der Waals surface area (Å²) >= 11 is 0. The first kappa shape index (κ1) is 12.9. The maximum Gasteiger partial charge on any atom is 0.255 e. The molecule has 0 radical (unpaired) electrons. The Kier molecular flexibility index (Phi) is 4.20. The zero-order valence-electron chi connectivity index (χ0n) is 10.7. The van der Waals surface area contributed by atoms with E-state index in [2.05, 4.69) is 10.6 Å². The summed E-state index contributed by atoms with van der Waals surface area (Å²) in [6, 6.07) is 5.57. The maximum absolute atomic E-state index is 12.0. The maximum atomic E-state index is 12.0. The molecular weight excluding hydrogens is 228 g/mol. The van der Waals surface area contributed by atoms with Crippen molar-refractivity contribution in [3.05, 3.63) is 29.3 Å². The molecular formula is C14H20N2O2. The minimum atomic E-state index is -0.205. The molecule has 1 unspecified atom stereocenters. The fourth-order valence-corrected chi connectivity index (χ4v) is 2.25. The number of hydrogen-bond donors (Lipinski definition) is 3. The van der Waals surface area contributed by atoms with Crippen molar-refractivity contribution in [3.8, 4) is 5.75 Å². The molecule has 1 aromatic rings. The van der Waals surface area contributed by atoms with Crippen molar-refractivity contribution < 1.29 is 9.90 Å². The lowest BCUT2D eigenvalue weighted by atomic mass is 10.0. The number of rotatable bonds is 3. The van der Waals surface area contributed by atoms with Gasteiger partial charge in [0.1, 0.15) is 5.75 Å². The molecule has 0 aromatic heterocycles. The minimum Gasteiger partial charge on any atom is -0.507 e. The Morgan fingerprint density at radius 3 is 3.06 bits per heavy atom. The standard InChI is InChI=1S/C14H20N2O2/c1-10-5-4-7-12(13(10)17)14(18)16-9-11-6-2-3-8-15-11/h4-5,7,11,15,17H,2-3,6,8-9H2,1H3,(H,16,18). The van der Waals surface area contributed by atoms with Gasteiger partial charge in [-0.25, -0.2) is 0 Å². The van der Waals surface area contributed by atoms with E-state index >= 15 is 0 Å². The van der Waals surface area contributed by atoms with E-state index in [4.69, 9.17) is 0 Å². The van der Waals surface area contributed by atoms with Crippen LogP contribution in [0.15, 0.2) is 18.2 Å². The van der Waals surface area contributed by atoms with Gasteiger partial charge in [-0.05, 0) is 37.9 Å². The SMILES string of the molecule is Cc1cccc(C(=O)NCC2CCCCN2)c1O. The van der Waals surface area contributed by atoms with Gasteiger partial charge in [-0.15, -0.1) is 0 Å². The Hall–Kier alpha value is -1.55. The Morgan fingerprint density at radius 2 is 2.33 bits per heavy atom. The van der Waals surface area contributed by atoms with Gasteiger partial charge in [-0.1, -0.05) is 18.6 Å². The quantitative estimate of drug-likeness (QED) is 0.761. The molecule has 0 spiro atoms. The van der Waals surface area contributed by atoms with Gasteiger partial charge in [0, 0.05) is 12.6 Å². The number of benzene rings is 1. The van der Waals surface area contributed by atoms with Gasteiger partial charge in [-0.2, -0.15) is 0 Å². The van der Waals surface area contributed by atoms with Gasteiger partial charge in [0.2, 0.25) is 0 Å². The van der Waals surface area contributed by atoms with Crippen LogP contribution in [-0.4, -0.2) is 30.1 Å². The lowest BCUT2D eigenvalue weighted by Crippen LogP contribution is -2.43. The summed E-state index contributed by atoms with van der Waals surface area (Å²) in [7, 11) is 0. The first-order valence-electron chi connectivity index (χ1n) is 6.48. The number of phenolic OH excluding ortho intramolecular Hbond substituents is 1. The van der Waals surface area contributed by atoms with Crippen LogP contribution in [0.1, 0.15) is 35.2 Å². The number of carbonyl (C=O) groups excluding carboxylic acids is 1. The number of aryl methyl sites for hydroxylation is 1. The number of aromatic hydroxyl groups is 1. The highest BCUT2D eigenvalue weighted by atomic mass is 16.3. The summed E-state index contributed by atoms with van der Waals surface area (Å²) in [6.07, 6.45) is 3.52. The molecule has 0 saturated carbocycles. The van der Waals surface area contributed by atoms with Gasteiger partial charge in [0.15, 0.2) is 0 Å². The summed E-state index contributed by atoms with van der Waals surface area (Å²) in [5.74, 6) is -0.129. The van der Waals surface area contributed by atoms with Crippen LogP contribution in [0.25, 0.3) is 0 Å². The van der Waals surface area contributed by atoms with Crippen LogP contribution in [-0.2, 0) is 0 Å². The van der Waals surface area contributed by atoms with E-state index in [1.807, 2.05) is 0 Å². The number of piperidine rings is 1. The zero-order chi connectivity index (χ0) is 13.0. The molecule has 98 valence electrons. The monoisotopic (exact) mass is 248 g/mol. The zero-order valence-corrected chi connectivity index (χ0v) is 10.7. The number of hydrogen-bond acceptors (Lipinski definition) is 3. The second kappa shape index (κ2) is 5.87. The minimum absolute atomic E-state index is 0.0756. The lowest BCUT2D eigenvalue weighted by molar-refractivity contribution is 0.0945. The summed E-state index contributed by atoms with van der Waals surface area (Å²) in [6.45, 7) is 3.43. The number of phenols is 1. The van der Waals surface area contributed by atoms with E-state index in [0.717, 1.165) is 18.5 Å². The molecule has 0 aliphatic carbocycles. The lowest BCUT2D eigenvalue weighted by Gasteiger charge is -2.23. The normalized spacial score (nSPS) is 19.5. The van der Waals surface area contributed by atoms with Crippen molar-refractivity contribution in [3.63, 3.8) is 0 Å². The number of carbonyl (C=O) groups is 1. The molecule has 4 nitrogen and oxygen atoms in total. The average Bonchev–Trinajstić information content (AvgIpc) is 2.40. The second-order valence-electron chi connectivity index (χ2n) is 4.83. The molecule has 3 N–H and O–H groups in total. The van der Waals surface area contributed by atoms with Crippen LogP contribution < -0.4 is 10.6 Å². The molecule has 1 aliphatic heterocycles. The molecule has 1 amide bonds. The van der Waals surface area contributed by atoms with Crippen molar-refractivity contribution in [1.82, 2.24) is 10.6 Å². The van der Waals surface area contributed by atoms with Gasteiger partial charge in [0.25, 0.3) is 5.91 Å². The number of nitrogens with one attached hydrogen (secondary N) is 2. The molecule has 0 bridgehead atoms. The summed E-state index contributed by atoms with van der Waals surface area (Å²) < 4.78 is 0. The van der Waals surface area contributed by atoms with Crippen molar-refractivity contribution in [1.29, 1.82) is 0 Å². The fourth-order valence-electron chi connectivity index (χ4n) is 2.25. The molecule has 1 fully saturated rings. The third kappa shape index (κ3) is 3.01. The van der Waals surface area contributed by atoms with Crippen LogP contribution in [0.5, 0.6) is 5.75 Å². The molecule has 4 heteroatoms. The fraction of sp³-hybridized carbons (Fsp3) is 0.500. The summed E-state index contributed by atoms with van der Waals surface area (Å²) in [5.41, 5.74) is 1.07. The second-order valence-corrected chi connectivity index (χ2v) is 4.83. The topological polar surface area (TPSA) is 61.4 Å². The highest BCUT2D eigenvalue weighted by molar-refractivity contribution is 5.97. The van der Waals surface area contributed by atoms with Gasteiger partial charge in [-0.3, -0.25) is 4.79 Å². The third-order valence-corrected chi connectivity index (χ3v) is 3.40.